The molecule has 2 unspecified atom stereocenters. The van der Waals surface area contributed by atoms with Crippen LogP contribution in [-0.4, -0.2) is 22.2 Å². The molecule has 0 saturated heterocycles. The lowest BCUT2D eigenvalue weighted by atomic mass is 10.1. The molecule has 0 amide bonds. The van der Waals surface area contributed by atoms with Gasteiger partial charge in [0.1, 0.15) is 0 Å². The van der Waals surface area contributed by atoms with E-state index in [9.17, 15) is 5.11 Å². The summed E-state index contributed by atoms with van der Waals surface area (Å²) in [6.07, 6.45) is 9.00. The highest BCUT2D eigenvalue weighted by molar-refractivity contribution is 5.49. The second-order valence-electron chi connectivity index (χ2n) is 4.65. The zero-order valence-corrected chi connectivity index (χ0v) is 9.82. The number of nitrogens with one attached hydrogen (secondary N) is 1. The molecule has 1 fully saturated rings. The summed E-state index contributed by atoms with van der Waals surface area (Å²) in [6, 6.07) is 2.18. The van der Waals surface area contributed by atoms with Crippen LogP contribution in [0, 0.1) is 6.92 Å². The standard InChI is InChI=1S/C13H20N2O/c1-10-9-14-8-7-11(10)15-12-5-3-2-4-6-13(12)16/h7-9,12-13,16H,2-6H2,1H3,(H,14,15). The zero-order chi connectivity index (χ0) is 11.4. The number of rotatable bonds is 2. The molecule has 1 aliphatic rings. The van der Waals surface area contributed by atoms with Gasteiger partial charge in [-0.25, -0.2) is 0 Å². The van der Waals surface area contributed by atoms with Crippen molar-refractivity contribution in [3.63, 3.8) is 0 Å². The van der Waals surface area contributed by atoms with E-state index in [0.717, 1.165) is 30.5 Å². The zero-order valence-electron chi connectivity index (χ0n) is 9.82. The molecule has 0 aliphatic heterocycles. The Bertz CT molecular complexity index is 340. The molecule has 2 rings (SSSR count). The van der Waals surface area contributed by atoms with Crippen LogP contribution in [0.1, 0.15) is 37.7 Å². The molecular formula is C13H20N2O. The number of aromatic nitrogens is 1. The lowest BCUT2D eigenvalue weighted by Gasteiger charge is -2.23. The Labute approximate surface area is 96.9 Å². The molecule has 0 aromatic carbocycles. The topological polar surface area (TPSA) is 45.2 Å². The van der Waals surface area contributed by atoms with Crippen LogP contribution in [0.15, 0.2) is 18.5 Å². The molecule has 0 bridgehead atoms. The number of pyridine rings is 1. The first kappa shape index (κ1) is 11.4. The highest BCUT2D eigenvalue weighted by Gasteiger charge is 2.21. The van der Waals surface area contributed by atoms with Gasteiger partial charge in [0.15, 0.2) is 0 Å². The van der Waals surface area contributed by atoms with Gasteiger partial charge in [-0.15, -0.1) is 0 Å². The molecule has 0 spiro atoms. The summed E-state index contributed by atoms with van der Waals surface area (Å²) in [4.78, 5) is 4.07. The molecule has 88 valence electrons. The van der Waals surface area contributed by atoms with Crippen LogP contribution in [0.4, 0.5) is 5.69 Å². The van der Waals surface area contributed by atoms with E-state index in [1.807, 2.05) is 19.2 Å². The Kier molecular flexibility index (Phi) is 3.78. The lowest BCUT2D eigenvalue weighted by molar-refractivity contribution is 0.144. The van der Waals surface area contributed by atoms with E-state index in [1.54, 1.807) is 6.20 Å². The first-order valence-electron chi connectivity index (χ1n) is 6.12. The molecule has 0 radical (unpaired) electrons. The third-order valence-corrected chi connectivity index (χ3v) is 3.34. The number of aryl methyl sites for hydroxylation is 1. The van der Waals surface area contributed by atoms with E-state index >= 15 is 0 Å². The predicted octanol–water partition coefficient (Wildman–Crippen LogP) is 2.50. The van der Waals surface area contributed by atoms with Gasteiger partial charge in [0, 0.05) is 18.1 Å². The van der Waals surface area contributed by atoms with E-state index in [2.05, 4.69) is 10.3 Å². The predicted molar refractivity (Wildman–Crippen MR) is 65.5 cm³/mol. The van der Waals surface area contributed by atoms with Gasteiger partial charge in [-0.2, -0.15) is 0 Å². The summed E-state index contributed by atoms with van der Waals surface area (Å²) in [5, 5.41) is 13.5. The molecule has 1 heterocycles. The maximum Gasteiger partial charge on any atom is 0.0741 e. The SMILES string of the molecule is Cc1cnccc1NC1CCCCCC1O. The fourth-order valence-electron chi connectivity index (χ4n) is 2.29. The Morgan fingerprint density at radius 1 is 1.31 bits per heavy atom. The number of anilines is 1. The van der Waals surface area contributed by atoms with Crippen LogP contribution in [0.5, 0.6) is 0 Å². The summed E-state index contributed by atoms with van der Waals surface area (Å²) < 4.78 is 0. The van der Waals surface area contributed by atoms with E-state index in [0.29, 0.717) is 0 Å². The van der Waals surface area contributed by atoms with Crippen molar-refractivity contribution in [2.45, 2.75) is 51.2 Å². The van der Waals surface area contributed by atoms with Crippen molar-refractivity contribution in [2.24, 2.45) is 0 Å². The average molecular weight is 220 g/mol. The Morgan fingerprint density at radius 2 is 2.12 bits per heavy atom. The molecule has 1 aromatic rings. The quantitative estimate of drug-likeness (QED) is 0.753. The summed E-state index contributed by atoms with van der Waals surface area (Å²) in [6.45, 7) is 2.04. The van der Waals surface area contributed by atoms with E-state index in [1.165, 1.54) is 12.8 Å². The molecule has 3 heteroatoms. The Morgan fingerprint density at radius 3 is 2.94 bits per heavy atom. The highest BCUT2D eigenvalue weighted by atomic mass is 16.3. The molecule has 3 nitrogen and oxygen atoms in total. The second kappa shape index (κ2) is 5.30. The van der Waals surface area contributed by atoms with Crippen molar-refractivity contribution in [1.82, 2.24) is 4.98 Å². The molecule has 2 atom stereocenters. The van der Waals surface area contributed by atoms with Gasteiger partial charge >= 0.3 is 0 Å². The van der Waals surface area contributed by atoms with E-state index < -0.39 is 0 Å². The molecule has 1 aliphatic carbocycles. The number of aliphatic hydroxyl groups excluding tert-OH is 1. The van der Waals surface area contributed by atoms with Crippen molar-refractivity contribution in [2.75, 3.05) is 5.32 Å². The summed E-state index contributed by atoms with van der Waals surface area (Å²) in [5.74, 6) is 0. The maximum absolute atomic E-state index is 10.0. The monoisotopic (exact) mass is 220 g/mol. The minimum Gasteiger partial charge on any atom is -0.391 e. The third kappa shape index (κ3) is 2.73. The van der Waals surface area contributed by atoms with Crippen LogP contribution < -0.4 is 5.32 Å². The van der Waals surface area contributed by atoms with Crippen LogP contribution in [0.25, 0.3) is 0 Å². The van der Waals surface area contributed by atoms with Crippen molar-refractivity contribution < 1.29 is 5.11 Å². The van der Waals surface area contributed by atoms with E-state index in [4.69, 9.17) is 0 Å². The smallest absolute Gasteiger partial charge is 0.0741 e. The number of aliphatic hydroxyl groups is 1. The van der Waals surface area contributed by atoms with Gasteiger partial charge in [0.2, 0.25) is 0 Å². The minimum absolute atomic E-state index is 0.198. The summed E-state index contributed by atoms with van der Waals surface area (Å²) in [7, 11) is 0. The summed E-state index contributed by atoms with van der Waals surface area (Å²) in [5.41, 5.74) is 2.24. The van der Waals surface area contributed by atoms with Crippen molar-refractivity contribution >= 4 is 5.69 Å². The molecule has 16 heavy (non-hydrogen) atoms. The van der Waals surface area contributed by atoms with Gasteiger partial charge in [-0.05, 0) is 31.4 Å². The van der Waals surface area contributed by atoms with Crippen LogP contribution in [-0.2, 0) is 0 Å². The first-order chi connectivity index (χ1) is 7.77. The lowest BCUT2D eigenvalue weighted by Crippen LogP contribution is -2.32. The third-order valence-electron chi connectivity index (χ3n) is 3.34. The molecule has 1 aromatic heterocycles. The maximum atomic E-state index is 10.0. The minimum atomic E-state index is -0.213. The average Bonchev–Trinajstić information content (AvgIpc) is 2.48. The van der Waals surface area contributed by atoms with Crippen molar-refractivity contribution in [3.8, 4) is 0 Å². The number of hydrogen-bond donors (Lipinski definition) is 2. The van der Waals surface area contributed by atoms with Crippen molar-refractivity contribution in [3.05, 3.63) is 24.0 Å². The van der Waals surface area contributed by atoms with Gasteiger partial charge in [0.05, 0.1) is 12.1 Å². The largest absolute Gasteiger partial charge is 0.391 e. The number of nitrogens with zero attached hydrogens (tertiary/aromatic N) is 1. The van der Waals surface area contributed by atoms with Crippen molar-refractivity contribution in [1.29, 1.82) is 0 Å². The Balaban J connectivity index is 2.05. The summed E-state index contributed by atoms with van der Waals surface area (Å²) >= 11 is 0. The normalized spacial score (nSPS) is 26.1. The fraction of sp³-hybridized carbons (Fsp3) is 0.615. The molecule has 2 N–H and O–H groups in total. The van der Waals surface area contributed by atoms with Gasteiger partial charge in [-0.3, -0.25) is 4.98 Å². The first-order valence-corrected chi connectivity index (χ1v) is 6.12. The fourth-order valence-corrected chi connectivity index (χ4v) is 2.29. The van der Waals surface area contributed by atoms with Gasteiger partial charge in [0.25, 0.3) is 0 Å². The van der Waals surface area contributed by atoms with Crippen LogP contribution >= 0.6 is 0 Å². The van der Waals surface area contributed by atoms with Crippen LogP contribution in [0.2, 0.25) is 0 Å². The molecule has 1 saturated carbocycles. The molecular weight excluding hydrogens is 200 g/mol. The van der Waals surface area contributed by atoms with Gasteiger partial charge < -0.3 is 10.4 Å². The second-order valence-corrected chi connectivity index (χ2v) is 4.65. The number of hydrogen-bond acceptors (Lipinski definition) is 3. The van der Waals surface area contributed by atoms with Gasteiger partial charge in [-0.1, -0.05) is 19.3 Å². The highest BCUT2D eigenvalue weighted by Crippen LogP contribution is 2.22. The van der Waals surface area contributed by atoms with Crippen LogP contribution in [0.3, 0.4) is 0 Å². The Hall–Kier alpha value is -1.09. The van der Waals surface area contributed by atoms with E-state index in [-0.39, 0.29) is 12.1 Å².